The minimum Gasteiger partial charge on any atom is -0.493 e. The average Bonchev–Trinajstić information content (AvgIpc) is 2.36. The summed E-state index contributed by atoms with van der Waals surface area (Å²) in [5, 5.41) is 0.342. The van der Waals surface area contributed by atoms with Crippen molar-refractivity contribution in [3.8, 4) is 11.5 Å². The van der Waals surface area contributed by atoms with Gasteiger partial charge in [0.1, 0.15) is 0 Å². The van der Waals surface area contributed by atoms with Crippen molar-refractivity contribution in [2.75, 3.05) is 19.5 Å². The van der Waals surface area contributed by atoms with Crippen LogP contribution in [-0.2, 0) is 10.2 Å². The van der Waals surface area contributed by atoms with Crippen LogP contribution < -0.4 is 9.47 Å². The molecule has 0 aliphatic rings. The second-order valence-electron chi connectivity index (χ2n) is 4.25. The number of hydrogen-bond donors (Lipinski definition) is 0. The molecule has 0 fully saturated rings. The maximum atomic E-state index is 11.9. The summed E-state index contributed by atoms with van der Waals surface area (Å²) in [6.07, 6.45) is 0. The molecule has 0 aliphatic carbocycles. The van der Waals surface area contributed by atoms with Gasteiger partial charge in [-0.3, -0.25) is 4.79 Å². The number of ketones is 1. The Balaban J connectivity index is 3.19. The van der Waals surface area contributed by atoms with Gasteiger partial charge in [-0.1, -0.05) is 22.0 Å². The first-order valence-electron chi connectivity index (χ1n) is 5.29. The Morgan fingerprint density at radius 1 is 1.24 bits per heavy atom. The molecule has 1 aromatic rings. The summed E-state index contributed by atoms with van der Waals surface area (Å²) in [7, 11) is 3.17. The number of methoxy groups -OCH3 is 2. The predicted octanol–water partition coefficient (Wildman–Crippen LogP) is 2.95. The van der Waals surface area contributed by atoms with E-state index >= 15 is 0 Å². The summed E-state index contributed by atoms with van der Waals surface area (Å²) < 4.78 is 10.4. The summed E-state index contributed by atoms with van der Waals surface area (Å²) in [4.78, 5) is 11.9. The van der Waals surface area contributed by atoms with Crippen LogP contribution in [0, 0.1) is 0 Å². The molecule has 1 rings (SSSR count). The summed E-state index contributed by atoms with van der Waals surface area (Å²) in [6.45, 7) is 3.80. The van der Waals surface area contributed by atoms with Gasteiger partial charge in [-0.2, -0.15) is 0 Å². The molecule has 0 aromatic heterocycles. The molecular weight excluding hydrogens is 284 g/mol. The monoisotopic (exact) mass is 300 g/mol. The fourth-order valence-corrected chi connectivity index (χ4v) is 2.25. The number of benzene rings is 1. The maximum Gasteiger partial charge on any atom is 0.161 e. The molecule has 3 nitrogen and oxygen atoms in total. The summed E-state index contributed by atoms with van der Waals surface area (Å²) in [6, 6.07) is 5.55. The van der Waals surface area contributed by atoms with E-state index in [1.165, 1.54) is 0 Å². The van der Waals surface area contributed by atoms with Gasteiger partial charge in [0.15, 0.2) is 17.3 Å². The van der Waals surface area contributed by atoms with Crippen molar-refractivity contribution in [2.45, 2.75) is 19.3 Å². The molecule has 0 saturated heterocycles. The lowest BCUT2D eigenvalue weighted by molar-refractivity contribution is -0.120. The highest BCUT2D eigenvalue weighted by Crippen LogP contribution is 2.33. The molecule has 94 valence electrons. The topological polar surface area (TPSA) is 35.5 Å². The first-order valence-corrected chi connectivity index (χ1v) is 6.41. The Bertz CT molecular complexity index is 413. The van der Waals surface area contributed by atoms with Gasteiger partial charge >= 0.3 is 0 Å². The Kier molecular flexibility index (Phi) is 4.57. The van der Waals surface area contributed by atoms with E-state index in [0.29, 0.717) is 16.8 Å². The third kappa shape index (κ3) is 2.80. The third-order valence-corrected chi connectivity index (χ3v) is 3.43. The van der Waals surface area contributed by atoms with Crippen LogP contribution in [0.2, 0.25) is 0 Å². The fraction of sp³-hybridized carbons (Fsp3) is 0.462. The number of halogens is 1. The van der Waals surface area contributed by atoms with Crippen molar-refractivity contribution in [3.63, 3.8) is 0 Å². The maximum absolute atomic E-state index is 11.9. The van der Waals surface area contributed by atoms with E-state index in [0.717, 1.165) is 5.56 Å². The van der Waals surface area contributed by atoms with Gasteiger partial charge in [-0.15, -0.1) is 0 Å². The lowest BCUT2D eigenvalue weighted by Crippen LogP contribution is -2.29. The molecule has 0 unspecified atom stereocenters. The summed E-state index contributed by atoms with van der Waals surface area (Å²) in [5.41, 5.74) is 0.378. The summed E-state index contributed by atoms with van der Waals surface area (Å²) >= 11 is 3.21. The van der Waals surface area contributed by atoms with E-state index in [9.17, 15) is 4.79 Å². The van der Waals surface area contributed by atoms with E-state index in [1.54, 1.807) is 14.2 Å². The van der Waals surface area contributed by atoms with Crippen molar-refractivity contribution in [1.82, 2.24) is 0 Å². The van der Waals surface area contributed by atoms with E-state index in [1.807, 2.05) is 32.0 Å². The number of carbonyl (C=O) groups is 1. The van der Waals surface area contributed by atoms with Crippen molar-refractivity contribution in [3.05, 3.63) is 23.8 Å². The molecule has 0 atom stereocenters. The van der Waals surface area contributed by atoms with Crippen molar-refractivity contribution >= 4 is 21.7 Å². The number of ether oxygens (including phenoxy) is 2. The van der Waals surface area contributed by atoms with Gasteiger partial charge in [-0.25, -0.2) is 0 Å². The first kappa shape index (κ1) is 14.0. The molecule has 0 aliphatic heterocycles. The number of hydrogen-bond acceptors (Lipinski definition) is 3. The molecule has 0 amide bonds. The van der Waals surface area contributed by atoms with Crippen LogP contribution in [0.4, 0.5) is 0 Å². The van der Waals surface area contributed by atoms with E-state index < -0.39 is 5.41 Å². The summed E-state index contributed by atoms with van der Waals surface area (Å²) in [5.74, 6) is 1.43. The van der Waals surface area contributed by atoms with Crippen molar-refractivity contribution in [1.29, 1.82) is 0 Å². The SMILES string of the molecule is COc1ccc(C(C)(C)C(=O)CBr)cc1OC. The number of carbonyl (C=O) groups excluding carboxylic acids is 1. The van der Waals surface area contributed by atoms with Gasteiger partial charge in [0.05, 0.1) is 19.5 Å². The Morgan fingerprint density at radius 3 is 2.29 bits per heavy atom. The molecule has 0 spiro atoms. The lowest BCUT2D eigenvalue weighted by Gasteiger charge is -2.23. The first-order chi connectivity index (χ1) is 7.97. The van der Waals surface area contributed by atoms with Crippen molar-refractivity contribution in [2.24, 2.45) is 0 Å². The third-order valence-electron chi connectivity index (χ3n) is 2.92. The quantitative estimate of drug-likeness (QED) is 0.784. The minimum absolute atomic E-state index is 0.129. The van der Waals surface area contributed by atoms with Gasteiger partial charge in [0.25, 0.3) is 0 Å². The zero-order chi connectivity index (χ0) is 13.1. The fourth-order valence-electron chi connectivity index (χ4n) is 1.55. The highest BCUT2D eigenvalue weighted by Gasteiger charge is 2.29. The Hall–Kier alpha value is -1.03. The van der Waals surface area contributed by atoms with Crippen LogP contribution >= 0.6 is 15.9 Å². The Labute approximate surface area is 110 Å². The largest absolute Gasteiger partial charge is 0.493 e. The van der Waals surface area contributed by atoms with Gasteiger partial charge in [0, 0.05) is 5.41 Å². The lowest BCUT2D eigenvalue weighted by atomic mass is 9.81. The van der Waals surface area contributed by atoms with E-state index in [-0.39, 0.29) is 5.78 Å². The zero-order valence-corrected chi connectivity index (χ0v) is 12.1. The molecule has 1 aromatic carbocycles. The number of rotatable bonds is 5. The molecule has 0 heterocycles. The molecular formula is C13H17BrO3. The van der Waals surface area contributed by atoms with E-state index in [4.69, 9.17) is 9.47 Å². The molecule has 4 heteroatoms. The standard InChI is InChI=1S/C13H17BrO3/c1-13(2,12(15)8-14)9-5-6-10(16-3)11(7-9)17-4/h5-7H,8H2,1-4H3. The second-order valence-corrected chi connectivity index (χ2v) is 4.81. The molecule has 0 bridgehead atoms. The van der Waals surface area contributed by atoms with Gasteiger partial charge < -0.3 is 9.47 Å². The van der Waals surface area contributed by atoms with Crippen LogP contribution in [0.3, 0.4) is 0 Å². The number of alkyl halides is 1. The molecule has 17 heavy (non-hydrogen) atoms. The average molecular weight is 301 g/mol. The van der Waals surface area contributed by atoms with Crippen LogP contribution in [0.25, 0.3) is 0 Å². The van der Waals surface area contributed by atoms with Crippen molar-refractivity contribution < 1.29 is 14.3 Å². The second kappa shape index (κ2) is 5.54. The number of Topliss-reactive ketones (excluding diaryl/α,β-unsaturated/α-hetero) is 1. The van der Waals surface area contributed by atoms with Crippen LogP contribution in [0.5, 0.6) is 11.5 Å². The molecule has 0 radical (unpaired) electrons. The van der Waals surface area contributed by atoms with Crippen LogP contribution in [-0.4, -0.2) is 25.3 Å². The van der Waals surface area contributed by atoms with Crippen LogP contribution in [0.15, 0.2) is 18.2 Å². The normalized spacial score (nSPS) is 11.1. The molecule has 0 saturated carbocycles. The van der Waals surface area contributed by atoms with Gasteiger partial charge in [0.2, 0.25) is 0 Å². The van der Waals surface area contributed by atoms with Gasteiger partial charge in [-0.05, 0) is 31.5 Å². The smallest absolute Gasteiger partial charge is 0.161 e. The van der Waals surface area contributed by atoms with E-state index in [2.05, 4.69) is 15.9 Å². The minimum atomic E-state index is -0.539. The highest BCUT2D eigenvalue weighted by molar-refractivity contribution is 9.09. The van der Waals surface area contributed by atoms with Crippen LogP contribution in [0.1, 0.15) is 19.4 Å². The zero-order valence-electron chi connectivity index (χ0n) is 10.5. The Morgan fingerprint density at radius 2 is 1.82 bits per heavy atom. The predicted molar refractivity (Wildman–Crippen MR) is 71.4 cm³/mol. The highest BCUT2D eigenvalue weighted by atomic mass is 79.9. The molecule has 0 N–H and O–H groups in total.